The highest BCUT2D eigenvalue weighted by Gasteiger charge is 2.24. The predicted molar refractivity (Wildman–Crippen MR) is 80.6 cm³/mol. The van der Waals surface area contributed by atoms with Gasteiger partial charge in [-0.1, -0.05) is 19.9 Å². The van der Waals surface area contributed by atoms with Gasteiger partial charge in [-0.15, -0.1) is 0 Å². The molecule has 8 nitrogen and oxygen atoms in total. The Bertz CT molecular complexity index is 391. The van der Waals surface area contributed by atoms with Gasteiger partial charge in [0.2, 0.25) is 0 Å². The lowest BCUT2D eigenvalue weighted by Gasteiger charge is -2.26. The Morgan fingerprint density at radius 2 is 1.91 bits per heavy atom. The Morgan fingerprint density at radius 3 is 2.43 bits per heavy atom. The van der Waals surface area contributed by atoms with E-state index in [0.717, 1.165) is 12.8 Å². The smallest absolute Gasteiger partial charge is 0.450 e. The first-order valence-electron chi connectivity index (χ1n) is 7.32. The van der Waals surface area contributed by atoms with E-state index in [2.05, 4.69) is 11.3 Å². The van der Waals surface area contributed by atoms with Crippen LogP contribution in [0.1, 0.15) is 40.5 Å². The molecule has 23 heavy (non-hydrogen) atoms. The van der Waals surface area contributed by atoms with Crippen molar-refractivity contribution < 1.29 is 38.7 Å². The zero-order valence-corrected chi connectivity index (χ0v) is 14.1. The molecule has 0 aromatic carbocycles. The first-order valence-corrected chi connectivity index (χ1v) is 7.32. The van der Waals surface area contributed by atoms with Crippen molar-refractivity contribution in [2.45, 2.75) is 52.4 Å². The number of carboxylic acid groups (broad SMARTS) is 1. The molecular formula is C15H26O8. The SMILES string of the molecule is C=C(C)C(=O)OC(COCCOC(=O)O)OOC(C)(C)CCC. The summed E-state index contributed by atoms with van der Waals surface area (Å²) in [5.41, 5.74) is -0.338. The molecule has 0 saturated carbocycles. The van der Waals surface area contributed by atoms with E-state index in [4.69, 9.17) is 24.4 Å². The molecule has 1 unspecified atom stereocenters. The highest BCUT2D eigenvalue weighted by Crippen LogP contribution is 2.18. The Labute approximate surface area is 136 Å². The van der Waals surface area contributed by atoms with Crippen LogP contribution in [0.15, 0.2) is 12.2 Å². The van der Waals surface area contributed by atoms with Gasteiger partial charge in [-0.25, -0.2) is 14.5 Å². The number of rotatable bonds is 12. The van der Waals surface area contributed by atoms with E-state index >= 15 is 0 Å². The molecule has 0 amide bonds. The summed E-state index contributed by atoms with van der Waals surface area (Å²) in [5.74, 6) is -0.641. The second kappa shape index (κ2) is 11.0. The molecule has 0 saturated heterocycles. The summed E-state index contributed by atoms with van der Waals surface area (Å²) >= 11 is 0. The van der Waals surface area contributed by atoms with Crippen molar-refractivity contribution in [3.63, 3.8) is 0 Å². The van der Waals surface area contributed by atoms with Crippen molar-refractivity contribution in [2.24, 2.45) is 0 Å². The summed E-state index contributed by atoms with van der Waals surface area (Å²) in [4.78, 5) is 32.2. The molecule has 0 fully saturated rings. The van der Waals surface area contributed by atoms with Crippen LogP contribution in [0.5, 0.6) is 0 Å². The summed E-state index contributed by atoms with van der Waals surface area (Å²) in [6, 6.07) is 0. The van der Waals surface area contributed by atoms with E-state index in [1.807, 2.05) is 20.8 Å². The summed E-state index contributed by atoms with van der Waals surface area (Å²) in [7, 11) is 0. The van der Waals surface area contributed by atoms with E-state index in [1.54, 1.807) is 0 Å². The maximum absolute atomic E-state index is 11.6. The Morgan fingerprint density at radius 1 is 1.26 bits per heavy atom. The lowest BCUT2D eigenvalue weighted by molar-refractivity contribution is -0.417. The van der Waals surface area contributed by atoms with E-state index in [0.29, 0.717) is 0 Å². The molecule has 0 aromatic heterocycles. The van der Waals surface area contributed by atoms with Crippen molar-refractivity contribution >= 4 is 12.1 Å². The lowest BCUT2D eigenvalue weighted by Crippen LogP contribution is -2.33. The lowest BCUT2D eigenvalue weighted by atomic mass is 10.0. The fourth-order valence-electron chi connectivity index (χ4n) is 1.50. The maximum atomic E-state index is 11.6. The average Bonchev–Trinajstić information content (AvgIpc) is 2.43. The van der Waals surface area contributed by atoms with Crippen LogP contribution in [-0.2, 0) is 28.8 Å². The second-order valence-electron chi connectivity index (χ2n) is 5.49. The van der Waals surface area contributed by atoms with Gasteiger partial charge in [-0.3, -0.25) is 0 Å². The third-order valence-corrected chi connectivity index (χ3v) is 2.53. The molecule has 0 rings (SSSR count). The first kappa shape index (κ1) is 21.4. The highest BCUT2D eigenvalue weighted by atomic mass is 17.2. The van der Waals surface area contributed by atoms with Gasteiger partial charge in [0.25, 0.3) is 6.29 Å². The molecule has 0 bridgehead atoms. The van der Waals surface area contributed by atoms with Crippen LogP contribution in [0.2, 0.25) is 0 Å². The molecule has 0 aromatic rings. The van der Waals surface area contributed by atoms with E-state index in [9.17, 15) is 9.59 Å². The number of esters is 1. The topological polar surface area (TPSA) is 101 Å². The molecule has 1 atom stereocenters. The monoisotopic (exact) mass is 334 g/mol. The van der Waals surface area contributed by atoms with Crippen molar-refractivity contribution in [3.8, 4) is 0 Å². The van der Waals surface area contributed by atoms with Crippen LogP contribution in [0.25, 0.3) is 0 Å². The molecular weight excluding hydrogens is 308 g/mol. The molecule has 8 heteroatoms. The van der Waals surface area contributed by atoms with Gasteiger partial charge in [0.1, 0.15) is 13.2 Å². The van der Waals surface area contributed by atoms with Gasteiger partial charge in [0.05, 0.1) is 12.2 Å². The van der Waals surface area contributed by atoms with Crippen LogP contribution in [0, 0.1) is 0 Å². The van der Waals surface area contributed by atoms with Crippen LogP contribution in [-0.4, -0.2) is 48.9 Å². The zero-order valence-electron chi connectivity index (χ0n) is 14.1. The summed E-state index contributed by atoms with van der Waals surface area (Å²) in [6.45, 7) is 10.4. The Hall–Kier alpha value is -1.64. The third kappa shape index (κ3) is 11.6. The van der Waals surface area contributed by atoms with Crippen molar-refractivity contribution in [1.29, 1.82) is 0 Å². The second-order valence-corrected chi connectivity index (χ2v) is 5.49. The third-order valence-electron chi connectivity index (χ3n) is 2.53. The summed E-state index contributed by atoms with van der Waals surface area (Å²) < 4.78 is 14.5. The highest BCUT2D eigenvalue weighted by molar-refractivity contribution is 5.87. The van der Waals surface area contributed by atoms with Crippen LogP contribution in [0.3, 0.4) is 0 Å². The normalized spacial score (nSPS) is 12.5. The van der Waals surface area contributed by atoms with E-state index in [1.165, 1.54) is 6.92 Å². The predicted octanol–water partition coefficient (Wildman–Crippen LogP) is 2.67. The Kier molecular flexibility index (Phi) is 10.2. The number of carbonyl (C=O) groups is 2. The van der Waals surface area contributed by atoms with Gasteiger partial charge < -0.3 is 19.3 Å². The molecule has 0 aliphatic carbocycles. The van der Waals surface area contributed by atoms with E-state index < -0.39 is 24.0 Å². The fraction of sp³-hybridized carbons (Fsp3) is 0.733. The average molecular weight is 334 g/mol. The van der Waals surface area contributed by atoms with E-state index in [-0.39, 0.29) is 25.4 Å². The summed E-state index contributed by atoms with van der Waals surface area (Å²) in [6.07, 6.45) is -0.836. The van der Waals surface area contributed by atoms with Gasteiger partial charge in [0.15, 0.2) is 0 Å². The molecule has 0 radical (unpaired) electrons. The minimum absolute atomic E-state index is 0.00483. The molecule has 0 spiro atoms. The maximum Gasteiger partial charge on any atom is 0.505 e. The Balaban J connectivity index is 4.36. The molecule has 0 aliphatic rings. The number of hydrogen-bond acceptors (Lipinski definition) is 7. The van der Waals surface area contributed by atoms with Crippen LogP contribution < -0.4 is 0 Å². The van der Waals surface area contributed by atoms with Crippen molar-refractivity contribution in [2.75, 3.05) is 19.8 Å². The number of carbonyl (C=O) groups excluding carboxylic acids is 1. The standard InChI is InChI=1S/C15H26O8/c1-6-7-15(4,5)23-22-12(21-13(16)11(2)3)10-19-8-9-20-14(17)18/h12H,2,6-10H2,1,3-5H3,(H,17,18). The zero-order chi connectivity index (χ0) is 17.9. The van der Waals surface area contributed by atoms with Crippen LogP contribution >= 0.6 is 0 Å². The van der Waals surface area contributed by atoms with Gasteiger partial charge in [0, 0.05) is 5.57 Å². The van der Waals surface area contributed by atoms with Gasteiger partial charge in [-0.2, -0.15) is 4.89 Å². The number of hydrogen-bond donors (Lipinski definition) is 1. The number of ether oxygens (including phenoxy) is 3. The van der Waals surface area contributed by atoms with Gasteiger partial charge >= 0.3 is 12.1 Å². The summed E-state index contributed by atoms with van der Waals surface area (Å²) in [5, 5.41) is 8.32. The first-order chi connectivity index (χ1) is 10.7. The minimum atomic E-state index is -1.39. The molecule has 134 valence electrons. The fourth-order valence-corrected chi connectivity index (χ4v) is 1.50. The minimum Gasteiger partial charge on any atom is -0.450 e. The van der Waals surface area contributed by atoms with Gasteiger partial charge in [-0.05, 0) is 27.2 Å². The van der Waals surface area contributed by atoms with Crippen molar-refractivity contribution in [3.05, 3.63) is 12.2 Å². The molecule has 1 N–H and O–H groups in total. The van der Waals surface area contributed by atoms with Crippen molar-refractivity contribution in [1.82, 2.24) is 0 Å². The molecule has 0 aliphatic heterocycles. The largest absolute Gasteiger partial charge is 0.505 e. The quantitative estimate of drug-likeness (QED) is 0.145. The van der Waals surface area contributed by atoms with Crippen LogP contribution in [0.4, 0.5) is 4.79 Å². The molecule has 0 heterocycles.